The van der Waals surface area contributed by atoms with Crippen LogP contribution >= 0.6 is 11.6 Å². The molecule has 0 bridgehead atoms. The second-order valence-electron chi connectivity index (χ2n) is 3.99. The van der Waals surface area contributed by atoms with Crippen molar-refractivity contribution in [3.8, 4) is 5.75 Å². The SMILES string of the molecule is O=C(NCCCCC(F)(F)F)c1ccc(Cl)cc1O. The number of alkyl halides is 3. The number of hydrogen-bond donors (Lipinski definition) is 2. The van der Waals surface area contributed by atoms with Gasteiger partial charge in [0.15, 0.2) is 0 Å². The van der Waals surface area contributed by atoms with Crippen molar-refractivity contribution >= 4 is 17.5 Å². The summed E-state index contributed by atoms with van der Waals surface area (Å²) in [4.78, 5) is 11.6. The van der Waals surface area contributed by atoms with E-state index in [-0.39, 0.29) is 30.7 Å². The molecule has 0 saturated carbocycles. The maximum absolute atomic E-state index is 11.9. The van der Waals surface area contributed by atoms with Crippen LogP contribution in [0.15, 0.2) is 18.2 Å². The van der Waals surface area contributed by atoms with Crippen LogP contribution in [0.25, 0.3) is 0 Å². The molecule has 0 atom stereocenters. The molecule has 0 aliphatic carbocycles. The number of halogens is 4. The number of amides is 1. The number of phenols is 1. The summed E-state index contributed by atoms with van der Waals surface area (Å²) in [6, 6.07) is 4.02. The second kappa shape index (κ2) is 6.65. The molecule has 2 N–H and O–H groups in total. The summed E-state index contributed by atoms with van der Waals surface area (Å²) in [6.45, 7) is 0.122. The first-order chi connectivity index (χ1) is 8.79. The smallest absolute Gasteiger partial charge is 0.389 e. The first-order valence-corrected chi connectivity index (χ1v) is 6.01. The molecule has 1 aromatic rings. The van der Waals surface area contributed by atoms with Crippen molar-refractivity contribution in [3.63, 3.8) is 0 Å². The zero-order valence-electron chi connectivity index (χ0n) is 9.93. The Kier molecular flexibility index (Phi) is 5.47. The minimum atomic E-state index is -4.17. The fourth-order valence-corrected chi connectivity index (χ4v) is 1.61. The minimum Gasteiger partial charge on any atom is -0.507 e. The lowest BCUT2D eigenvalue weighted by molar-refractivity contribution is -0.135. The number of benzene rings is 1. The van der Waals surface area contributed by atoms with E-state index in [1.165, 1.54) is 18.2 Å². The Bertz CT molecular complexity index is 449. The number of hydrogen-bond acceptors (Lipinski definition) is 2. The highest BCUT2D eigenvalue weighted by Crippen LogP contribution is 2.23. The van der Waals surface area contributed by atoms with Gasteiger partial charge < -0.3 is 10.4 Å². The van der Waals surface area contributed by atoms with Gasteiger partial charge >= 0.3 is 6.18 Å². The van der Waals surface area contributed by atoms with Crippen molar-refractivity contribution in [2.45, 2.75) is 25.4 Å². The zero-order chi connectivity index (χ0) is 14.5. The summed E-state index contributed by atoms with van der Waals surface area (Å²) in [6.07, 6.45) is -4.86. The molecule has 3 nitrogen and oxygen atoms in total. The lowest BCUT2D eigenvalue weighted by atomic mass is 10.2. The van der Waals surface area contributed by atoms with E-state index < -0.39 is 18.5 Å². The lowest BCUT2D eigenvalue weighted by Gasteiger charge is -2.08. The van der Waals surface area contributed by atoms with Crippen molar-refractivity contribution in [3.05, 3.63) is 28.8 Å². The zero-order valence-corrected chi connectivity index (χ0v) is 10.7. The van der Waals surface area contributed by atoms with Crippen LogP contribution in [0.1, 0.15) is 29.6 Å². The lowest BCUT2D eigenvalue weighted by Crippen LogP contribution is -2.24. The van der Waals surface area contributed by atoms with Crippen LogP contribution in [0.5, 0.6) is 5.75 Å². The molecule has 0 aromatic heterocycles. The molecule has 0 saturated heterocycles. The predicted octanol–water partition coefficient (Wildman–Crippen LogP) is 3.51. The molecule has 0 fully saturated rings. The topological polar surface area (TPSA) is 49.3 Å². The van der Waals surface area contributed by atoms with E-state index in [4.69, 9.17) is 11.6 Å². The molecule has 1 rings (SSSR count). The van der Waals surface area contributed by atoms with Gasteiger partial charge in [0.1, 0.15) is 5.75 Å². The standard InChI is InChI=1S/C12H13ClF3NO2/c13-8-3-4-9(10(18)7-8)11(19)17-6-2-1-5-12(14,15)16/h3-4,7,18H,1-2,5-6H2,(H,17,19). The van der Waals surface area contributed by atoms with Gasteiger partial charge in [-0.15, -0.1) is 0 Å². The molecule has 0 radical (unpaired) electrons. The molecule has 0 unspecified atom stereocenters. The van der Waals surface area contributed by atoms with Crippen LogP contribution in [0.2, 0.25) is 5.02 Å². The minimum absolute atomic E-state index is 0.0419. The highest BCUT2D eigenvalue weighted by molar-refractivity contribution is 6.30. The Morgan fingerprint density at radius 3 is 2.58 bits per heavy atom. The quantitative estimate of drug-likeness (QED) is 0.817. The Labute approximate surface area is 113 Å². The third kappa shape index (κ3) is 5.83. The Morgan fingerprint density at radius 1 is 1.32 bits per heavy atom. The highest BCUT2D eigenvalue weighted by atomic mass is 35.5. The van der Waals surface area contributed by atoms with Crippen LogP contribution in [-0.4, -0.2) is 23.7 Å². The highest BCUT2D eigenvalue weighted by Gasteiger charge is 2.25. The van der Waals surface area contributed by atoms with E-state index >= 15 is 0 Å². The number of carbonyl (C=O) groups excluding carboxylic acids is 1. The van der Waals surface area contributed by atoms with Crippen LogP contribution in [0.3, 0.4) is 0 Å². The first-order valence-electron chi connectivity index (χ1n) is 5.63. The normalized spacial score (nSPS) is 11.4. The molecule has 1 aromatic carbocycles. The van der Waals surface area contributed by atoms with Crippen LogP contribution in [-0.2, 0) is 0 Å². The molecular weight excluding hydrogens is 283 g/mol. The number of aromatic hydroxyl groups is 1. The van der Waals surface area contributed by atoms with Gasteiger partial charge in [-0.1, -0.05) is 11.6 Å². The van der Waals surface area contributed by atoms with Crippen molar-refractivity contribution in [2.24, 2.45) is 0 Å². The maximum Gasteiger partial charge on any atom is 0.389 e. The van der Waals surface area contributed by atoms with E-state index in [1.807, 2.05) is 0 Å². The monoisotopic (exact) mass is 295 g/mol. The largest absolute Gasteiger partial charge is 0.507 e. The van der Waals surface area contributed by atoms with E-state index in [0.717, 1.165) is 0 Å². The van der Waals surface area contributed by atoms with Gasteiger partial charge in [-0.3, -0.25) is 4.79 Å². The van der Waals surface area contributed by atoms with Crippen molar-refractivity contribution in [1.82, 2.24) is 5.32 Å². The third-order valence-corrected chi connectivity index (χ3v) is 2.61. The van der Waals surface area contributed by atoms with Crippen LogP contribution in [0.4, 0.5) is 13.2 Å². The predicted molar refractivity (Wildman–Crippen MR) is 65.4 cm³/mol. The fraction of sp³-hybridized carbons (Fsp3) is 0.417. The average molecular weight is 296 g/mol. The van der Waals surface area contributed by atoms with E-state index in [2.05, 4.69) is 5.32 Å². The number of phenolic OH excluding ortho intramolecular Hbond substituents is 1. The maximum atomic E-state index is 11.9. The summed E-state index contributed by atoms with van der Waals surface area (Å²) in [5, 5.41) is 12.2. The third-order valence-electron chi connectivity index (χ3n) is 2.38. The fourth-order valence-electron chi connectivity index (χ4n) is 1.44. The Morgan fingerprint density at radius 2 is 2.00 bits per heavy atom. The van der Waals surface area contributed by atoms with Gasteiger partial charge in [0.25, 0.3) is 5.91 Å². The molecule has 0 spiro atoms. The van der Waals surface area contributed by atoms with Crippen LogP contribution < -0.4 is 5.32 Å². The number of unbranched alkanes of at least 4 members (excludes halogenated alkanes) is 1. The summed E-state index contributed by atoms with van der Waals surface area (Å²) in [5.41, 5.74) is 0.0419. The van der Waals surface area contributed by atoms with Gasteiger partial charge in [-0.25, -0.2) is 0 Å². The summed E-state index contributed by atoms with van der Waals surface area (Å²) in [5.74, 6) is -0.804. The Hall–Kier alpha value is -1.43. The van der Waals surface area contributed by atoms with Crippen molar-refractivity contribution < 1.29 is 23.1 Å². The second-order valence-corrected chi connectivity index (χ2v) is 4.43. The number of rotatable bonds is 5. The van der Waals surface area contributed by atoms with E-state index in [0.29, 0.717) is 5.02 Å². The van der Waals surface area contributed by atoms with Crippen LogP contribution in [0, 0.1) is 0 Å². The summed E-state index contributed by atoms with van der Waals surface area (Å²) < 4.78 is 35.6. The summed E-state index contributed by atoms with van der Waals surface area (Å²) >= 11 is 5.61. The van der Waals surface area contributed by atoms with Gasteiger partial charge in [0.2, 0.25) is 0 Å². The summed E-state index contributed by atoms with van der Waals surface area (Å²) in [7, 11) is 0. The molecule has 7 heteroatoms. The van der Waals surface area contributed by atoms with Gasteiger partial charge in [0.05, 0.1) is 5.56 Å². The molecule has 19 heavy (non-hydrogen) atoms. The number of carbonyl (C=O) groups is 1. The molecule has 0 heterocycles. The number of nitrogens with one attached hydrogen (secondary N) is 1. The van der Waals surface area contributed by atoms with Gasteiger partial charge in [0, 0.05) is 18.0 Å². The van der Waals surface area contributed by atoms with E-state index in [9.17, 15) is 23.1 Å². The molecule has 106 valence electrons. The molecule has 0 aliphatic rings. The van der Waals surface area contributed by atoms with Gasteiger partial charge in [-0.05, 0) is 31.0 Å². The molecular formula is C12H13ClF3NO2. The molecule has 0 aliphatic heterocycles. The van der Waals surface area contributed by atoms with Crippen molar-refractivity contribution in [1.29, 1.82) is 0 Å². The first kappa shape index (κ1) is 15.6. The van der Waals surface area contributed by atoms with Gasteiger partial charge in [-0.2, -0.15) is 13.2 Å². The van der Waals surface area contributed by atoms with Crippen molar-refractivity contribution in [2.75, 3.05) is 6.54 Å². The Balaban J connectivity index is 2.36. The molecule has 1 amide bonds. The van der Waals surface area contributed by atoms with E-state index in [1.54, 1.807) is 0 Å². The average Bonchev–Trinajstić information content (AvgIpc) is 2.26.